The van der Waals surface area contributed by atoms with Crippen LogP contribution in [0, 0.1) is 0 Å². The van der Waals surface area contributed by atoms with Gasteiger partial charge in [-0.15, -0.1) is 11.3 Å². The van der Waals surface area contributed by atoms with Crippen molar-refractivity contribution < 1.29 is 41.0 Å². The molecule has 200 valence electrons. The van der Waals surface area contributed by atoms with Gasteiger partial charge in [0.15, 0.2) is 5.69 Å². The molecule has 0 saturated heterocycles. The number of carbonyl (C=O) groups excluding carboxylic acids is 1. The van der Waals surface area contributed by atoms with Crippen molar-refractivity contribution in [1.82, 2.24) is 14.7 Å². The first kappa shape index (κ1) is 28.2. The van der Waals surface area contributed by atoms with Crippen LogP contribution in [-0.4, -0.2) is 51.4 Å². The molecule has 0 fully saturated rings. The number of carboxylic acids is 1. The first-order valence-electron chi connectivity index (χ1n) is 10.8. The summed E-state index contributed by atoms with van der Waals surface area (Å²) < 4.78 is 71.6. The van der Waals surface area contributed by atoms with E-state index in [4.69, 9.17) is 9.90 Å². The number of halogens is 6. The van der Waals surface area contributed by atoms with E-state index < -0.39 is 24.0 Å². The van der Waals surface area contributed by atoms with E-state index in [1.807, 2.05) is 12.1 Å². The molecule has 2 aromatic heterocycles. The van der Waals surface area contributed by atoms with Crippen LogP contribution in [0.25, 0.3) is 10.6 Å². The molecule has 1 aliphatic heterocycles. The third kappa shape index (κ3) is 7.32. The number of anilines is 1. The summed E-state index contributed by atoms with van der Waals surface area (Å²) in [6.45, 7) is 1.88. The number of aromatic nitrogens is 2. The number of amides is 1. The molecule has 7 nitrogen and oxygen atoms in total. The van der Waals surface area contributed by atoms with Crippen LogP contribution in [0.2, 0.25) is 0 Å². The SMILES string of the molecule is CN1CCCc2ccc(NC(=O)c3ccc(-c4cc(C(F)(F)F)nn4C)s3)cc2C1.O=C(O)C(F)(F)F. The smallest absolute Gasteiger partial charge is 0.475 e. The molecule has 37 heavy (non-hydrogen) atoms. The number of hydrogen-bond donors (Lipinski definition) is 2. The third-order valence-corrected chi connectivity index (χ3v) is 6.49. The summed E-state index contributed by atoms with van der Waals surface area (Å²) in [5, 5.41) is 13.6. The maximum atomic E-state index is 12.9. The Bertz CT molecular complexity index is 1280. The Morgan fingerprint density at radius 3 is 2.30 bits per heavy atom. The lowest BCUT2D eigenvalue weighted by Gasteiger charge is -2.14. The standard InChI is InChI=1S/C21H21F3N4OS.C2HF3O2/c1-27-9-3-4-13-5-6-15(10-14(13)12-27)25-20(29)18-8-7-17(30-18)16-11-19(21(22,23)24)26-28(16)2;3-2(4,5)1(6)7/h5-8,10-11H,3-4,9,12H2,1-2H3,(H,25,29);(H,6,7). The van der Waals surface area contributed by atoms with Crippen LogP contribution in [0.4, 0.5) is 32.0 Å². The highest BCUT2D eigenvalue weighted by atomic mass is 32.1. The van der Waals surface area contributed by atoms with Crippen LogP contribution in [0.1, 0.15) is 32.9 Å². The van der Waals surface area contributed by atoms with E-state index in [0.717, 1.165) is 43.3 Å². The minimum absolute atomic E-state index is 0.286. The second-order valence-corrected chi connectivity index (χ2v) is 9.37. The topological polar surface area (TPSA) is 87.5 Å². The lowest BCUT2D eigenvalue weighted by Crippen LogP contribution is -2.21. The molecule has 0 bridgehead atoms. The zero-order chi connectivity index (χ0) is 27.5. The molecule has 4 rings (SSSR count). The number of carboxylic acid groups (broad SMARTS) is 1. The van der Waals surface area contributed by atoms with Gasteiger partial charge in [-0.3, -0.25) is 9.48 Å². The highest BCUT2D eigenvalue weighted by molar-refractivity contribution is 7.17. The molecule has 14 heteroatoms. The van der Waals surface area contributed by atoms with Gasteiger partial charge in [0.2, 0.25) is 0 Å². The first-order valence-corrected chi connectivity index (χ1v) is 11.6. The summed E-state index contributed by atoms with van der Waals surface area (Å²) in [6, 6.07) is 10.2. The van der Waals surface area contributed by atoms with Gasteiger partial charge in [0.1, 0.15) is 0 Å². The summed E-state index contributed by atoms with van der Waals surface area (Å²) >= 11 is 1.14. The van der Waals surface area contributed by atoms with Crippen LogP contribution in [0.3, 0.4) is 0 Å². The lowest BCUT2D eigenvalue weighted by molar-refractivity contribution is -0.192. The van der Waals surface area contributed by atoms with E-state index >= 15 is 0 Å². The molecule has 3 aromatic rings. The van der Waals surface area contributed by atoms with Gasteiger partial charge in [-0.25, -0.2) is 4.79 Å². The fourth-order valence-electron chi connectivity index (χ4n) is 3.63. The lowest BCUT2D eigenvalue weighted by atomic mass is 10.0. The summed E-state index contributed by atoms with van der Waals surface area (Å²) in [6.07, 6.45) is -7.46. The maximum Gasteiger partial charge on any atom is 0.490 e. The van der Waals surface area contributed by atoms with Gasteiger partial charge in [0, 0.05) is 19.3 Å². The van der Waals surface area contributed by atoms with Crippen molar-refractivity contribution in [2.75, 3.05) is 18.9 Å². The van der Waals surface area contributed by atoms with Crippen LogP contribution >= 0.6 is 11.3 Å². The van der Waals surface area contributed by atoms with Crippen molar-refractivity contribution in [1.29, 1.82) is 0 Å². The van der Waals surface area contributed by atoms with E-state index in [0.29, 0.717) is 21.1 Å². The molecular weight excluding hydrogens is 526 g/mol. The molecule has 0 radical (unpaired) electrons. The van der Waals surface area contributed by atoms with E-state index in [1.165, 1.54) is 22.9 Å². The predicted molar refractivity (Wildman–Crippen MR) is 124 cm³/mol. The second kappa shape index (κ2) is 10.9. The Labute approximate surface area is 211 Å². The number of hydrogen-bond acceptors (Lipinski definition) is 5. The van der Waals surface area contributed by atoms with Crippen LogP contribution in [0.5, 0.6) is 0 Å². The summed E-state index contributed by atoms with van der Waals surface area (Å²) in [7, 11) is 3.53. The largest absolute Gasteiger partial charge is 0.490 e. The number of aliphatic carboxylic acids is 1. The number of carbonyl (C=O) groups is 2. The molecule has 0 unspecified atom stereocenters. The minimum atomic E-state index is -5.08. The Morgan fingerprint density at radius 2 is 1.70 bits per heavy atom. The van der Waals surface area contributed by atoms with Gasteiger partial charge in [-0.2, -0.15) is 31.4 Å². The van der Waals surface area contributed by atoms with Gasteiger partial charge in [0.05, 0.1) is 15.4 Å². The van der Waals surface area contributed by atoms with Crippen LogP contribution < -0.4 is 5.32 Å². The van der Waals surface area contributed by atoms with Crippen molar-refractivity contribution in [3.63, 3.8) is 0 Å². The Morgan fingerprint density at radius 1 is 1.03 bits per heavy atom. The number of rotatable bonds is 3. The minimum Gasteiger partial charge on any atom is -0.475 e. The number of nitrogens with one attached hydrogen (secondary N) is 1. The van der Waals surface area contributed by atoms with E-state index in [1.54, 1.807) is 12.1 Å². The van der Waals surface area contributed by atoms with Crippen molar-refractivity contribution in [3.05, 3.63) is 58.1 Å². The van der Waals surface area contributed by atoms with Crippen molar-refractivity contribution in [2.45, 2.75) is 31.7 Å². The van der Waals surface area contributed by atoms with Gasteiger partial charge in [-0.1, -0.05) is 6.07 Å². The normalized spacial score (nSPS) is 14.3. The molecular formula is C23H22F6N4O3S. The van der Waals surface area contributed by atoms with Crippen LogP contribution in [-0.2, 0) is 31.0 Å². The van der Waals surface area contributed by atoms with Gasteiger partial charge in [-0.05, 0) is 67.9 Å². The number of aryl methyl sites for hydroxylation is 2. The Hall–Kier alpha value is -3.39. The van der Waals surface area contributed by atoms with Crippen LogP contribution in [0.15, 0.2) is 36.4 Å². The van der Waals surface area contributed by atoms with Gasteiger partial charge < -0.3 is 15.3 Å². The number of nitrogens with zero attached hydrogens (tertiary/aromatic N) is 3. The highest BCUT2D eigenvalue weighted by Crippen LogP contribution is 2.34. The molecule has 2 N–H and O–H groups in total. The quantitative estimate of drug-likeness (QED) is 0.427. The summed E-state index contributed by atoms with van der Waals surface area (Å²) in [4.78, 5) is 24.8. The maximum absolute atomic E-state index is 12.9. The van der Waals surface area contributed by atoms with E-state index in [2.05, 4.69) is 28.4 Å². The second-order valence-electron chi connectivity index (χ2n) is 8.28. The van der Waals surface area contributed by atoms with Gasteiger partial charge in [0.25, 0.3) is 5.91 Å². The number of benzene rings is 1. The molecule has 0 aliphatic carbocycles. The Balaban J connectivity index is 0.000000479. The van der Waals surface area contributed by atoms with E-state index in [-0.39, 0.29) is 5.91 Å². The molecule has 0 spiro atoms. The van der Waals surface area contributed by atoms with E-state index in [9.17, 15) is 31.1 Å². The molecule has 1 aromatic carbocycles. The fraction of sp³-hybridized carbons (Fsp3) is 0.348. The first-order chi connectivity index (χ1) is 17.1. The molecule has 0 saturated carbocycles. The summed E-state index contributed by atoms with van der Waals surface area (Å²) in [5.41, 5.74) is 2.58. The zero-order valence-corrected chi connectivity index (χ0v) is 20.4. The predicted octanol–water partition coefficient (Wildman–Crippen LogP) is 5.43. The molecule has 1 aliphatic rings. The number of thiophene rings is 1. The molecule has 0 atom stereocenters. The number of alkyl halides is 6. The zero-order valence-electron chi connectivity index (χ0n) is 19.6. The van der Waals surface area contributed by atoms with Crippen molar-refractivity contribution in [3.8, 4) is 10.6 Å². The highest BCUT2D eigenvalue weighted by Gasteiger charge is 2.38. The van der Waals surface area contributed by atoms with Crippen molar-refractivity contribution >= 4 is 28.9 Å². The molecule has 3 heterocycles. The molecule has 1 amide bonds. The van der Waals surface area contributed by atoms with Gasteiger partial charge >= 0.3 is 18.3 Å². The number of fused-ring (bicyclic) bond motifs is 1. The fourth-order valence-corrected chi connectivity index (χ4v) is 4.58. The monoisotopic (exact) mass is 548 g/mol. The summed E-state index contributed by atoms with van der Waals surface area (Å²) in [5.74, 6) is -3.04. The average Bonchev–Trinajstić information content (AvgIpc) is 3.37. The van der Waals surface area contributed by atoms with Crippen molar-refractivity contribution in [2.24, 2.45) is 7.05 Å². The Kier molecular flexibility index (Phi) is 8.32. The third-order valence-electron chi connectivity index (χ3n) is 5.39. The average molecular weight is 549 g/mol.